The van der Waals surface area contributed by atoms with Crippen molar-refractivity contribution in [1.29, 1.82) is 0 Å². The van der Waals surface area contributed by atoms with Crippen LogP contribution in [0.25, 0.3) is 0 Å². The molecule has 3 aliphatic rings. The highest BCUT2D eigenvalue weighted by Crippen LogP contribution is 2.42. The molecule has 0 aromatic rings. The molecule has 0 radical (unpaired) electrons. The van der Waals surface area contributed by atoms with Crippen LogP contribution in [-0.4, -0.2) is 54.0 Å². The fourth-order valence-corrected chi connectivity index (χ4v) is 5.45. The molecule has 3 fully saturated rings. The van der Waals surface area contributed by atoms with Crippen molar-refractivity contribution in [3.8, 4) is 0 Å². The molecular formula is C19H33F3N2O. The normalized spacial score (nSPS) is 38.2. The lowest BCUT2D eigenvalue weighted by atomic mass is 9.79. The zero-order valence-electron chi connectivity index (χ0n) is 15.1. The molecule has 0 aromatic heterocycles. The summed E-state index contributed by atoms with van der Waals surface area (Å²) < 4.78 is 39.0. The molecule has 0 aromatic carbocycles. The van der Waals surface area contributed by atoms with Gasteiger partial charge in [0.25, 0.3) is 0 Å². The molecule has 3 rings (SSSR count). The van der Waals surface area contributed by atoms with Crippen LogP contribution in [-0.2, 0) is 0 Å². The number of nitrogens with one attached hydrogen (secondary N) is 1. The van der Waals surface area contributed by atoms with Crippen molar-refractivity contribution >= 4 is 0 Å². The van der Waals surface area contributed by atoms with Gasteiger partial charge in [-0.05, 0) is 57.3 Å². The van der Waals surface area contributed by atoms with Gasteiger partial charge < -0.3 is 10.4 Å². The Balaban J connectivity index is 1.67. The minimum absolute atomic E-state index is 0.139. The highest BCUT2D eigenvalue weighted by molar-refractivity contribution is 4.94. The quantitative estimate of drug-likeness (QED) is 0.800. The number of aliphatic hydroxyl groups excluding tert-OH is 1. The summed E-state index contributed by atoms with van der Waals surface area (Å²) in [6.07, 6.45) is 5.27. The average Bonchev–Trinajstić information content (AvgIpc) is 2.79. The van der Waals surface area contributed by atoms with E-state index in [-0.39, 0.29) is 19.4 Å². The number of alkyl halides is 3. The Morgan fingerprint density at radius 2 is 1.64 bits per heavy atom. The molecule has 2 saturated carbocycles. The van der Waals surface area contributed by atoms with Gasteiger partial charge in [-0.15, -0.1) is 0 Å². The van der Waals surface area contributed by atoms with E-state index in [2.05, 4.69) is 10.2 Å². The van der Waals surface area contributed by atoms with E-state index in [1.807, 2.05) is 0 Å². The maximum absolute atomic E-state index is 13.0. The summed E-state index contributed by atoms with van der Waals surface area (Å²) in [7, 11) is 0. The van der Waals surface area contributed by atoms with Crippen molar-refractivity contribution in [2.75, 3.05) is 19.7 Å². The van der Waals surface area contributed by atoms with Crippen LogP contribution >= 0.6 is 0 Å². The highest BCUT2D eigenvalue weighted by atomic mass is 19.4. The van der Waals surface area contributed by atoms with Gasteiger partial charge in [-0.25, -0.2) is 0 Å². The highest BCUT2D eigenvalue weighted by Gasteiger charge is 2.44. The lowest BCUT2D eigenvalue weighted by Crippen LogP contribution is -2.52. The lowest BCUT2D eigenvalue weighted by molar-refractivity contribution is -0.185. The van der Waals surface area contributed by atoms with Crippen LogP contribution in [0, 0.1) is 11.8 Å². The smallest absolute Gasteiger partial charge is 0.391 e. The van der Waals surface area contributed by atoms with Crippen LogP contribution in [0.3, 0.4) is 0 Å². The number of nitrogens with zero attached hydrogens (tertiary/aromatic N) is 1. The Morgan fingerprint density at radius 3 is 2.32 bits per heavy atom. The van der Waals surface area contributed by atoms with E-state index in [4.69, 9.17) is 5.11 Å². The van der Waals surface area contributed by atoms with Crippen molar-refractivity contribution in [2.24, 2.45) is 11.8 Å². The van der Waals surface area contributed by atoms with Crippen LogP contribution in [0.4, 0.5) is 13.2 Å². The Labute approximate surface area is 149 Å². The molecule has 0 bridgehead atoms. The molecule has 3 atom stereocenters. The molecule has 1 aliphatic heterocycles. The molecule has 2 aliphatic carbocycles. The molecular weight excluding hydrogens is 329 g/mol. The van der Waals surface area contributed by atoms with Gasteiger partial charge in [0.15, 0.2) is 0 Å². The Bertz CT molecular complexity index is 410. The van der Waals surface area contributed by atoms with Gasteiger partial charge in [-0.2, -0.15) is 13.2 Å². The number of fused-ring (bicyclic) bond motifs is 1. The zero-order chi connectivity index (χ0) is 17.9. The number of likely N-dealkylation sites (tertiary alicyclic amines) is 1. The molecule has 1 heterocycles. The Hall–Kier alpha value is -0.330. The second-order valence-electron chi connectivity index (χ2n) is 8.31. The van der Waals surface area contributed by atoms with Crippen molar-refractivity contribution in [3.05, 3.63) is 0 Å². The second-order valence-corrected chi connectivity index (χ2v) is 8.31. The number of aliphatic hydroxyl groups is 1. The third-order valence-corrected chi connectivity index (χ3v) is 6.79. The fourth-order valence-electron chi connectivity index (χ4n) is 5.45. The lowest BCUT2D eigenvalue weighted by Gasteiger charge is -2.45. The van der Waals surface area contributed by atoms with Crippen LogP contribution in [0.1, 0.15) is 64.2 Å². The predicted molar refractivity (Wildman–Crippen MR) is 92.4 cm³/mol. The Morgan fingerprint density at radius 1 is 0.920 bits per heavy atom. The molecule has 0 spiro atoms. The first kappa shape index (κ1) is 19.4. The first-order valence-electron chi connectivity index (χ1n) is 10.2. The van der Waals surface area contributed by atoms with Crippen molar-refractivity contribution in [3.63, 3.8) is 0 Å². The minimum atomic E-state index is -4.03. The first-order chi connectivity index (χ1) is 12.0. The molecule has 2 N–H and O–H groups in total. The van der Waals surface area contributed by atoms with Gasteiger partial charge >= 0.3 is 6.18 Å². The standard InChI is InChI=1S/C19H33F3N2O/c20-19(21,22)15-6-9-17(10-7-15)24-13-16(23-11-12-25)8-5-14-3-1-2-4-18(14)24/h14-18,23,25H,1-13H2. The first-order valence-corrected chi connectivity index (χ1v) is 10.2. The summed E-state index contributed by atoms with van der Waals surface area (Å²) in [5, 5.41) is 12.6. The number of halogens is 3. The summed E-state index contributed by atoms with van der Waals surface area (Å²) in [4.78, 5) is 2.58. The predicted octanol–water partition coefficient (Wildman–Crippen LogP) is 3.71. The maximum Gasteiger partial charge on any atom is 0.391 e. The third kappa shape index (κ3) is 4.89. The molecule has 6 heteroatoms. The van der Waals surface area contributed by atoms with Gasteiger partial charge in [0.05, 0.1) is 12.5 Å². The van der Waals surface area contributed by atoms with Gasteiger partial charge in [0.2, 0.25) is 0 Å². The van der Waals surface area contributed by atoms with Gasteiger partial charge in [-0.3, -0.25) is 4.90 Å². The van der Waals surface area contributed by atoms with E-state index >= 15 is 0 Å². The van der Waals surface area contributed by atoms with Gasteiger partial charge in [0, 0.05) is 31.2 Å². The van der Waals surface area contributed by atoms with Crippen LogP contribution < -0.4 is 5.32 Å². The van der Waals surface area contributed by atoms with Crippen LogP contribution in [0.15, 0.2) is 0 Å². The fraction of sp³-hybridized carbons (Fsp3) is 1.00. The van der Waals surface area contributed by atoms with Crippen LogP contribution in [0.2, 0.25) is 0 Å². The zero-order valence-corrected chi connectivity index (χ0v) is 15.1. The minimum Gasteiger partial charge on any atom is -0.395 e. The summed E-state index contributed by atoms with van der Waals surface area (Å²) in [6, 6.07) is 1.22. The van der Waals surface area contributed by atoms with E-state index < -0.39 is 12.1 Å². The summed E-state index contributed by atoms with van der Waals surface area (Å²) >= 11 is 0. The van der Waals surface area contributed by atoms with Crippen LogP contribution in [0.5, 0.6) is 0 Å². The second kappa shape index (κ2) is 8.57. The van der Waals surface area contributed by atoms with E-state index in [0.717, 1.165) is 13.0 Å². The number of hydrogen-bond acceptors (Lipinski definition) is 3. The van der Waals surface area contributed by atoms with E-state index in [0.29, 0.717) is 43.4 Å². The monoisotopic (exact) mass is 362 g/mol. The third-order valence-electron chi connectivity index (χ3n) is 6.79. The molecule has 25 heavy (non-hydrogen) atoms. The summed E-state index contributed by atoms with van der Waals surface area (Å²) in [5.74, 6) is -0.392. The molecule has 3 nitrogen and oxygen atoms in total. The molecule has 3 unspecified atom stereocenters. The SMILES string of the molecule is OCCNC1CCC2CCCCC2N(C2CCC(C(F)(F)F)CC2)C1. The number of rotatable bonds is 4. The van der Waals surface area contributed by atoms with Gasteiger partial charge in [0.1, 0.15) is 0 Å². The topological polar surface area (TPSA) is 35.5 Å². The summed E-state index contributed by atoms with van der Waals surface area (Å²) in [6.45, 7) is 1.68. The maximum atomic E-state index is 13.0. The van der Waals surface area contributed by atoms with Gasteiger partial charge in [-0.1, -0.05) is 12.8 Å². The molecule has 1 saturated heterocycles. The van der Waals surface area contributed by atoms with E-state index in [9.17, 15) is 13.2 Å². The van der Waals surface area contributed by atoms with Crippen molar-refractivity contribution in [2.45, 2.75) is 88.5 Å². The largest absolute Gasteiger partial charge is 0.395 e. The van der Waals surface area contributed by atoms with E-state index in [1.54, 1.807) is 0 Å². The molecule has 146 valence electrons. The summed E-state index contributed by atoms with van der Waals surface area (Å²) in [5.41, 5.74) is 0. The van der Waals surface area contributed by atoms with Crippen molar-refractivity contribution in [1.82, 2.24) is 10.2 Å². The average molecular weight is 362 g/mol. The Kier molecular flexibility index (Phi) is 6.66. The van der Waals surface area contributed by atoms with E-state index in [1.165, 1.54) is 32.1 Å². The number of hydrogen-bond donors (Lipinski definition) is 2. The molecule has 0 amide bonds. The van der Waals surface area contributed by atoms with Crippen molar-refractivity contribution < 1.29 is 18.3 Å².